The molecule has 0 aliphatic carbocycles. The molecule has 1 aliphatic heterocycles. The highest BCUT2D eigenvalue weighted by Crippen LogP contribution is 2.38. The minimum absolute atomic E-state index is 0.214. The van der Waals surface area contributed by atoms with Crippen molar-refractivity contribution in [2.24, 2.45) is 0 Å². The number of carbonyl (C=O) groups is 2. The van der Waals surface area contributed by atoms with Crippen LogP contribution in [0.3, 0.4) is 0 Å². The van der Waals surface area contributed by atoms with E-state index in [1.165, 1.54) is 22.3 Å². The Morgan fingerprint density at radius 3 is 2.65 bits per heavy atom. The van der Waals surface area contributed by atoms with Gasteiger partial charge in [-0.2, -0.15) is 0 Å². The molecule has 0 saturated heterocycles. The van der Waals surface area contributed by atoms with Crippen LogP contribution in [0.4, 0.5) is 20.4 Å². The molecule has 2 amide bonds. The molecule has 12 heteroatoms. The SMILES string of the molecule is Cc1cc(Nc2ncc(C)c(-c3cc4c(s3)CN([C@H](C)C(=O)NC(CO)c3ccc(F)c(F)c3)C4=O)n2)ccn1. The smallest absolute Gasteiger partial charge is 0.256 e. The summed E-state index contributed by atoms with van der Waals surface area (Å²) in [6.07, 6.45) is 3.41. The molecule has 9 nitrogen and oxygen atoms in total. The molecule has 0 fully saturated rings. The van der Waals surface area contributed by atoms with Crippen LogP contribution < -0.4 is 10.6 Å². The first kappa shape index (κ1) is 27.3. The van der Waals surface area contributed by atoms with Crippen molar-refractivity contribution in [1.82, 2.24) is 25.2 Å². The predicted molar refractivity (Wildman–Crippen MR) is 146 cm³/mol. The van der Waals surface area contributed by atoms with Gasteiger partial charge in [0.25, 0.3) is 5.91 Å². The fourth-order valence-electron chi connectivity index (χ4n) is 4.44. The zero-order valence-corrected chi connectivity index (χ0v) is 22.7. The van der Waals surface area contributed by atoms with E-state index < -0.39 is 36.2 Å². The predicted octanol–water partition coefficient (Wildman–Crippen LogP) is 4.43. The number of aliphatic hydroxyl groups excluding tert-OH is 1. The average molecular weight is 565 g/mol. The lowest BCUT2D eigenvalue weighted by molar-refractivity contribution is -0.126. The summed E-state index contributed by atoms with van der Waals surface area (Å²) in [5.74, 6) is -2.52. The van der Waals surface area contributed by atoms with E-state index in [4.69, 9.17) is 0 Å². The van der Waals surface area contributed by atoms with Crippen LogP contribution in [-0.4, -0.2) is 49.4 Å². The molecule has 3 aromatic heterocycles. The summed E-state index contributed by atoms with van der Waals surface area (Å²) in [5, 5.41) is 15.5. The molecule has 0 spiro atoms. The number of halogens is 2. The third-order valence-electron chi connectivity index (χ3n) is 6.66. The van der Waals surface area contributed by atoms with Crippen LogP contribution in [0.25, 0.3) is 10.6 Å². The van der Waals surface area contributed by atoms with Gasteiger partial charge in [0.15, 0.2) is 11.6 Å². The molecule has 1 aromatic carbocycles. The molecule has 1 unspecified atom stereocenters. The van der Waals surface area contributed by atoms with Crippen LogP contribution in [0.1, 0.15) is 45.0 Å². The molecule has 4 aromatic rings. The number of amides is 2. The lowest BCUT2D eigenvalue weighted by atomic mass is 10.1. The summed E-state index contributed by atoms with van der Waals surface area (Å²) in [7, 11) is 0. The number of rotatable bonds is 8. The Balaban J connectivity index is 1.30. The number of carbonyl (C=O) groups excluding carboxylic acids is 2. The summed E-state index contributed by atoms with van der Waals surface area (Å²) in [6.45, 7) is 5.07. The van der Waals surface area contributed by atoms with Gasteiger partial charge in [0, 0.05) is 28.7 Å². The van der Waals surface area contributed by atoms with Crippen LogP contribution in [0.15, 0.2) is 48.8 Å². The van der Waals surface area contributed by atoms with Crippen molar-refractivity contribution in [3.05, 3.63) is 87.7 Å². The molecule has 0 bridgehead atoms. The molecule has 40 heavy (non-hydrogen) atoms. The van der Waals surface area contributed by atoms with Crippen LogP contribution in [0, 0.1) is 25.5 Å². The van der Waals surface area contributed by atoms with Crippen molar-refractivity contribution >= 4 is 34.8 Å². The third-order valence-corrected chi connectivity index (χ3v) is 7.79. The van der Waals surface area contributed by atoms with E-state index >= 15 is 0 Å². The average Bonchev–Trinajstić information content (AvgIpc) is 3.48. The van der Waals surface area contributed by atoms with Crippen molar-refractivity contribution in [2.75, 3.05) is 11.9 Å². The third kappa shape index (κ3) is 5.40. The molecule has 0 saturated carbocycles. The minimum Gasteiger partial charge on any atom is -0.394 e. The van der Waals surface area contributed by atoms with Crippen molar-refractivity contribution in [2.45, 2.75) is 39.4 Å². The van der Waals surface area contributed by atoms with E-state index in [1.807, 2.05) is 26.0 Å². The first-order chi connectivity index (χ1) is 19.1. The molecule has 4 heterocycles. The monoisotopic (exact) mass is 564 g/mol. The summed E-state index contributed by atoms with van der Waals surface area (Å²) in [4.78, 5) is 42.5. The van der Waals surface area contributed by atoms with Crippen molar-refractivity contribution in [3.8, 4) is 10.6 Å². The lowest BCUT2D eigenvalue weighted by Crippen LogP contribution is -2.46. The zero-order chi connectivity index (χ0) is 28.6. The molecule has 206 valence electrons. The lowest BCUT2D eigenvalue weighted by Gasteiger charge is -2.26. The van der Waals surface area contributed by atoms with E-state index in [2.05, 4.69) is 25.6 Å². The molecule has 2 atom stereocenters. The maximum absolute atomic E-state index is 13.7. The van der Waals surface area contributed by atoms with Crippen molar-refractivity contribution in [3.63, 3.8) is 0 Å². The number of nitrogens with zero attached hydrogens (tertiary/aromatic N) is 4. The number of pyridine rings is 1. The maximum atomic E-state index is 13.7. The second-order valence-electron chi connectivity index (χ2n) is 9.51. The van der Waals surface area contributed by atoms with E-state index in [0.717, 1.165) is 38.8 Å². The Kier molecular flexibility index (Phi) is 7.55. The highest BCUT2D eigenvalue weighted by Gasteiger charge is 2.36. The van der Waals surface area contributed by atoms with E-state index in [0.29, 0.717) is 17.2 Å². The van der Waals surface area contributed by atoms with Gasteiger partial charge in [0.2, 0.25) is 11.9 Å². The van der Waals surface area contributed by atoms with Gasteiger partial charge in [-0.15, -0.1) is 11.3 Å². The Hall–Kier alpha value is -4.29. The van der Waals surface area contributed by atoms with Crippen LogP contribution in [-0.2, 0) is 11.3 Å². The second-order valence-corrected chi connectivity index (χ2v) is 10.6. The second kappa shape index (κ2) is 11.1. The van der Waals surface area contributed by atoms with E-state index in [-0.39, 0.29) is 18.0 Å². The zero-order valence-electron chi connectivity index (χ0n) is 21.9. The number of thiophene rings is 1. The number of anilines is 2. The molecule has 0 radical (unpaired) electrons. The number of nitrogens with one attached hydrogen (secondary N) is 2. The van der Waals surface area contributed by atoms with Gasteiger partial charge < -0.3 is 20.6 Å². The van der Waals surface area contributed by atoms with Gasteiger partial charge in [-0.25, -0.2) is 18.7 Å². The number of aryl methyl sites for hydroxylation is 2. The number of fused-ring (bicyclic) bond motifs is 1. The fourth-order valence-corrected chi connectivity index (χ4v) is 5.64. The topological polar surface area (TPSA) is 120 Å². The number of hydrogen-bond acceptors (Lipinski definition) is 8. The summed E-state index contributed by atoms with van der Waals surface area (Å²) in [6, 6.07) is 6.81. The standard InChI is InChI=1S/C28H26F2N6O3S/c1-14-11-32-28(33-18-6-7-31-15(2)8-18)35-25(14)23-10-19-24(40-23)12-36(27(19)39)16(3)26(38)34-22(13-37)17-4-5-20(29)21(30)9-17/h4-11,16,22,37H,12-13H2,1-3H3,(H,34,38)(H,31,32,33,35)/t16-,22?/m1/s1. The summed E-state index contributed by atoms with van der Waals surface area (Å²) < 4.78 is 27.0. The van der Waals surface area contributed by atoms with Crippen LogP contribution in [0.2, 0.25) is 0 Å². The summed E-state index contributed by atoms with van der Waals surface area (Å²) >= 11 is 1.42. The molecular formula is C28H26F2N6O3S. The van der Waals surface area contributed by atoms with E-state index in [1.54, 1.807) is 25.4 Å². The largest absolute Gasteiger partial charge is 0.394 e. The Morgan fingerprint density at radius 2 is 1.95 bits per heavy atom. The molecule has 3 N–H and O–H groups in total. The Labute approximate surface area is 232 Å². The molecule has 5 rings (SSSR count). The number of benzene rings is 1. The summed E-state index contributed by atoms with van der Waals surface area (Å²) in [5.41, 5.74) is 3.92. The van der Waals surface area contributed by atoms with Gasteiger partial charge in [-0.1, -0.05) is 6.07 Å². The normalized spacial score (nSPS) is 14.2. The van der Waals surface area contributed by atoms with Gasteiger partial charge in [-0.05, 0) is 62.2 Å². The first-order valence-electron chi connectivity index (χ1n) is 12.5. The van der Waals surface area contributed by atoms with Crippen molar-refractivity contribution < 1.29 is 23.5 Å². The van der Waals surface area contributed by atoms with Crippen molar-refractivity contribution in [1.29, 1.82) is 0 Å². The molecular weight excluding hydrogens is 538 g/mol. The number of aromatic nitrogens is 3. The van der Waals surface area contributed by atoms with Gasteiger partial charge in [-0.3, -0.25) is 14.6 Å². The van der Waals surface area contributed by atoms with Gasteiger partial charge in [0.05, 0.1) is 35.3 Å². The van der Waals surface area contributed by atoms with Gasteiger partial charge in [0.1, 0.15) is 6.04 Å². The number of aliphatic hydroxyl groups is 1. The molecule has 1 aliphatic rings. The van der Waals surface area contributed by atoms with Crippen LogP contribution >= 0.6 is 11.3 Å². The van der Waals surface area contributed by atoms with Crippen LogP contribution in [0.5, 0.6) is 0 Å². The Morgan fingerprint density at radius 1 is 1.15 bits per heavy atom. The maximum Gasteiger partial charge on any atom is 0.256 e. The highest BCUT2D eigenvalue weighted by atomic mass is 32.1. The number of hydrogen-bond donors (Lipinski definition) is 3. The fraction of sp³-hybridized carbons (Fsp3) is 0.250. The minimum atomic E-state index is -1.08. The quantitative estimate of drug-likeness (QED) is 0.290. The Bertz CT molecular complexity index is 1610. The highest BCUT2D eigenvalue weighted by molar-refractivity contribution is 7.16. The van der Waals surface area contributed by atoms with Gasteiger partial charge >= 0.3 is 0 Å². The first-order valence-corrected chi connectivity index (χ1v) is 13.3. The van der Waals surface area contributed by atoms with E-state index in [9.17, 15) is 23.5 Å².